The Morgan fingerprint density at radius 3 is 2.35 bits per heavy atom. The first-order chi connectivity index (χ1) is 16.3. The minimum Gasteiger partial charge on any atom is -0.392 e. The van der Waals surface area contributed by atoms with E-state index in [4.69, 9.17) is 0 Å². The third-order valence-electron chi connectivity index (χ3n) is 7.90. The lowest BCUT2D eigenvalue weighted by Crippen LogP contribution is -2.27. The van der Waals surface area contributed by atoms with Gasteiger partial charge in [-0.3, -0.25) is 0 Å². The fraction of sp³-hybridized carbons (Fsp3) is 0.273. The Hall–Kier alpha value is -3.16. The maximum atomic E-state index is 10.3. The minimum atomic E-state index is 0.0333. The van der Waals surface area contributed by atoms with Gasteiger partial charge in [0.15, 0.2) is 0 Å². The van der Waals surface area contributed by atoms with Crippen molar-refractivity contribution in [3.63, 3.8) is 0 Å². The summed E-state index contributed by atoms with van der Waals surface area (Å²) in [5.74, 6) is 0. The molecule has 34 heavy (non-hydrogen) atoms. The Kier molecular flexibility index (Phi) is 4.66. The molecule has 0 saturated heterocycles. The third-order valence-corrected chi connectivity index (χ3v) is 7.90. The van der Waals surface area contributed by atoms with Crippen molar-refractivity contribution in [2.75, 3.05) is 0 Å². The average Bonchev–Trinajstić information content (AvgIpc) is 2.81. The van der Waals surface area contributed by atoms with Crippen LogP contribution in [-0.2, 0) is 12.0 Å². The summed E-state index contributed by atoms with van der Waals surface area (Å²) in [5.41, 5.74) is 9.53. The number of hydrogen-bond donors (Lipinski definition) is 1. The van der Waals surface area contributed by atoms with E-state index in [9.17, 15) is 5.11 Å². The summed E-state index contributed by atoms with van der Waals surface area (Å²) in [6.45, 7) is 9.52. The highest BCUT2D eigenvalue weighted by Gasteiger charge is 2.36. The molecule has 0 aliphatic heterocycles. The zero-order valence-electron chi connectivity index (χ0n) is 20.6. The second-order valence-corrected chi connectivity index (χ2v) is 11.5. The fourth-order valence-corrected chi connectivity index (χ4v) is 6.42. The van der Waals surface area contributed by atoms with Gasteiger partial charge in [0.2, 0.25) is 0 Å². The van der Waals surface area contributed by atoms with Crippen LogP contribution in [-0.4, -0.2) is 5.11 Å². The zero-order valence-corrected chi connectivity index (χ0v) is 20.6. The predicted octanol–water partition coefficient (Wildman–Crippen LogP) is 8.57. The first kappa shape index (κ1) is 21.4. The van der Waals surface area contributed by atoms with Crippen molar-refractivity contribution >= 4 is 27.1 Å². The van der Waals surface area contributed by atoms with E-state index in [1.807, 2.05) is 12.1 Å². The van der Waals surface area contributed by atoms with E-state index in [2.05, 4.69) is 94.4 Å². The lowest BCUT2D eigenvalue weighted by atomic mass is 9.64. The Balaban J connectivity index is 1.54. The fourth-order valence-electron chi connectivity index (χ4n) is 6.42. The molecule has 0 unspecified atom stereocenters. The van der Waals surface area contributed by atoms with Gasteiger partial charge in [-0.2, -0.15) is 0 Å². The normalized spacial score (nSPS) is 18.3. The minimum absolute atomic E-state index is 0.0333. The second kappa shape index (κ2) is 7.42. The van der Waals surface area contributed by atoms with Crippen molar-refractivity contribution in [3.8, 4) is 11.1 Å². The molecule has 0 heterocycles. The molecule has 4 aromatic rings. The van der Waals surface area contributed by atoms with E-state index < -0.39 is 0 Å². The van der Waals surface area contributed by atoms with Crippen molar-refractivity contribution in [2.45, 2.75) is 52.6 Å². The van der Waals surface area contributed by atoms with Crippen LogP contribution in [0.25, 0.3) is 38.2 Å². The Morgan fingerprint density at radius 1 is 0.765 bits per heavy atom. The quantitative estimate of drug-likeness (QED) is 0.328. The highest BCUT2D eigenvalue weighted by atomic mass is 16.3. The smallest absolute Gasteiger partial charge is 0.0693 e. The molecular weight excluding hydrogens is 412 g/mol. The largest absolute Gasteiger partial charge is 0.392 e. The van der Waals surface area contributed by atoms with E-state index >= 15 is 0 Å². The molecule has 1 heteroatoms. The monoisotopic (exact) mass is 444 g/mol. The molecule has 0 amide bonds. The van der Waals surface area contributed by atoms with E-state index in [0.717, 1.165) is 34.9 Å². The first-order valence-corrected chi connectivity index (χ1v) is 12.4. The Morgan fingerprint density at radius 2 is 1.53 bits per heavy atom. The Bertz CT molecular complexity index is 1530. The zero-order chi connectivity index (χ0) is 23.7. The van der Waals surface area contributed by atoms with Crippen LogP contribution < -0.4 is 0 Å². The van der Waals surface area contributed by atoms with Crippen LogP contribution in [0.5, 0.6) is 0 Å². The average molecular weight is 445 g/mol. The molecule has 0 spiro atoms. The summed E-state index contributed by atoms with van der Waals surface area (Å²) in [6.07, 6.45) is 7.01. The van der Waals surface area contributed by atoms with Crippen LogP contribution in [0.3, 0.4) is 0 Å². The summed E-state index contributed by atoms with van der Waals surface area (Å²) < 4.78 is 0. The van der Waals surface area contributed by atoms with Crippen molar-refractivity contribution in [1.29, 1.82) is 0 Å². The number of rotatable bonds is 2. The number of benzene rings is 4. The van der Waals surface area contributed by atoms with Gasteiger partial charge in [0.05, 0.1) is 6.61 Å². The van der Waals surface area contributed by atoms with Crippen molar-refractivity contribution in [2.24, 2.45) is 5.41 Å². The molecule has 0 aromatic heterocycles. The molecule has 6 rings (SSSR count). The highest BCUT2D eigenvalue weighted by molar-refractivity contribution is 5.98. The van der Waals surface area contributed by atoms with Gasteiger partial charge < -0.3 is 5.11 Å². The second-order valence-electron chi connectivity index (χ2n) is 11.5. The van der Waals surface area contributed by atoms with Gasteiger partial charge in [-0.25, -0.2) is 0 Å². The lowest BCUT2D eigenvalue weighted by molar-refractivity contribution is 0.284. The lowest BCUT2D eigenvalue weighted by Gasteiger charge is -2.40. The molecule has 0 fully saturated rings. The Labute approximate surface area is 202 Å². The van der Waals surface area contributed by atoms with Crippen LogP contribution >= 0.6 is 0 Å². The SMILES string of the molecule is CC1(C)C=CC2=C(C1)CC(C)(C)c1c2ccc2cc(-c3ccc4ccccc4c3CO)ccc12. The number of fused-ring (bicyclic) bond motifs is 5. The molecule has 1 N–H and O–H groups in total. The standard InChI is InChI=1S/C33H32O/c1-32(2)16-15-27-24(18-32)19-33(3,4)31-28-13-10-22(17-23(28)11-14-29(27)31)26-12-9-21-7-5-6-8-25(21)30(26)20-34/h5-17,34H,18-20H2,1-4H3. The van der Waals surface area contributed by atoms with E-state index in [1.165, 1.54) is 32.9 Å². The summed E-state index contributed by atoms with van der Waals surface area (Å²) in [5, 5.41) is 15.2. The van der Waals surface area contributed by atoms with Gasteiger partial charge in [0.25, 0.3) is 0 Å². The molecule has 0 bridgehead atoms. The van der Waals surface area contributed by atoms with Gasteiger partial charge in [-0.05, 0) is 84.7 Å². The van der Waals surface area contributed by atoms with Crippen molar-refractivity contribution < 1.29 is 5.11 Å². The molecule has 4 aromatic carbocycles. The van der Waals surface area contributed by atoms with Crippen molar-refractivity contribution in [3.05, 3.63) is 101 Å². The van der Waals surface area contributed by atoms with Crippen LogP contribution in [0.15, 0.2) is 84.5 Å². The van der Waals surface area contributed by atoms with Gasteiger partial charge in [0, 0.05) is 0 Å². The summed E-state index contributed by atoms with van der Waals surface area (Å²) in [4.78, 5) is 0. The van der Waals surface area contributed by atoms with Gasteiger partial charge in [0.1, 0.15) is 0 Å². The van der Waals surface area contributed by atoms with Gasteiger partial charge in [-0.15, -0.1) is 0 Å². The predicted molar refractivity (Wildman–Crippen MR) is 145 cm³/mol. The van der Waals surface area contributed by atoms with E-state index in [0.29, 0.717) is 0 Å². The number of aliphatic hydroxyl groups is 1. The molecule has 0 radical (unpaired) electrons. The topological polar surface area (TPSA) is 20.2 Å². The highest BCUT2D eigenvalue weighted by Crippen LogP contribution is 2.51. The third kappa shape index (κ3) is 3.26. The first-order valence-electron chi connectivity index (χ1n) is 12.4. The molecule has 2 aliphatic rings. The summed E-state index contributed by atoms with van der Waals surface area (Å²) in [6, 6.07) is 24.1. The van der Waals surface area contributed by atoms with Crippen LogP contribution in [0.1, 0.15) is 57.2 Å². The van der Waals surface area contributed by atoms with Gasteiger partial charge >= 0.3 is 0 Å². The van der Waals surface area contributed by atoms with Crippen LogP contribution in [0.4, 0.5) is 0 Å². The van der Waals surface area contributed by atoms with Crippen LogP contribution in [0.2, 0.25) is 0 Å². The number of aliphatic hydroxyl groups excluding tert-OH is 1. The van der Waals surface area contributed by atoms with Gasteiger partial charge in [-0.1, -0.05) is 106 Å². The van der Waals surface area contributed by atoms with E-state index in [1.54, 1.807) is 5.57 Å². The molecular formula is C33H32O. The number of allylic oxidation sites excluding steroid dienone is 4. The molecule has 0 atom stereocenters. The van der Waals surface area contributed by atoms with E-state index in [-0.39, 0.29) is 17.4 Å². The molecule has 170 valence electrons. The maximum Gasteiger partial charge on any atom is 0.0693 e. The number of hydrogen-bond acceptors (Lipinski definition) is 1. The van der Waals surface area contributed by atoms with Crippen LogP contribution in [0, 0.1) is 5.41 Å². The summed E-state index contributed by atoms with van der Waals surface area (Å²) >= 11 is 0. The molecule has 1 nitrogen and oxygen atoms in total. The molecule has 0 saturated carbocycles. The maximum absolute atomic E-state index is 10.3. The molecule has 2 aliphatic carbocycles. The summed E-state index contributed by atoms with van der Waals surface area (Å²) in [7, 11) is 0. The van der Waals surface area contributed by atoms with Crippen molar-refractivity contribution in [1.82, 2.24) is 0 Å².